The van der Waals surface area contributed by atoms with Crippen molar-refractivity contribution in [2.75, 3.05) is 6.54 Å². The number of hydrogen-bond donors (Lipinski definition) is 1. The molecule has 0 saturated heterocycles. The van der Waals surface area contributed by atoms with Crippen molar-refractivity contribution in [2.45, 2.75) is 13.8 Å². The molecule has 0 saturated carbocycles. The van der Waals surface area contributed by atoms with Gasteiger partial charge in [-0.15, -0.1) is 0 Å². The van der Waals surface area contributed by atoms with Gasteiger partial charge in [0.05, 0.1) is 5.56 Å². The van der Waals surface area contributed by atoms with Crippen LogP contribution in [-0.4, -0.2) is 17.4 Å². The van der Waals surface area contributed by atoms with Gasteiger partial charge in [0, 0.05) is 36.1 Å². The molecular weight excluding hydrogens is 274 g/mol. The van der Waals surface area contributed by atoms with Crippen LogP contribution in [0.15, 0.2) is 36.7 Å². The summed E-state index contributed by atoms with van der Waals surface area (Å²) in [5, 5.41) is 2.77. The van der Waals surface area contributed by atoms with E-state index in [-0.39, 0.29) is 11.5 Å². The Morgan fingerprint density at radius 3 is 2.67 bits per heavy atom. The van der Waals surface area contributed by atoms with Crippen molar-refractivity contribution in [3.8, 4) is 11.1 Å². The molecule has 1 heterocycles. The number of nitrogens with zero attached hydrogens (tertiary/aromatic N) is 1. The van der Waals surface area contributed by atoms with E-state index in [1.165, 1.54) is 24.5 Å². The molecule has 110 valence electrons. The fraction of sp³-hybridized carbons (Fsp3) is 0.250. The van der Waals surface area contributed by atoms with Gasteiger partial charge >= 0.3 is 0 Å². The third-order valence-corrected chi connectivity index (χ3v) is 2.91. The molecule has 0 bridgehead atoms. The summed E-state index contributed by atoms with van der Waals surface area (Å²) in [5.74, 6) is -1.26. The fourth-order valence-electron chi connectivity index (χ4n) is 1.83. The molecule has 0 aliphatic carbocycles. The Morgan fingerprint density at radius 1 is 1.24 bits per heavy atom. The number of carbonyl (C=O) groups excluding carboxylic acids is 1. The van der Waals surface area contributed by atoms with Crippen LogP contribution in [0.4, 0.5) is 8.78 Å². The molecule has 0 fully saturated rings. The monoisotopic (exact) mass is 290 g/mol. The van der Waals surface area contributed by atoms with Crippen molar-refractivity contribution >= 4 is 5.91 Å². The van der Waals surface area contributed by atoms with Crippen LogP contribution in [0.2, 0.25) is 0 Å². The largest absolute Gasteiger partial charge is 0.352 e. The minimum Gasteiger partial charge on any atom is -0.352 e. The summed E-state index contributed by atoms with van der Waals surface area (Å²) in [6.45, 7) is 4.53. The molecule has 0 spiro atoms. The van der Waals surface area contributed by atoms with E-state index in [0.29, 0.717) is 23.6 Å². The minimum atomic E-state index is -0.684. The third-order valence-electron chi connectivity index (χ3n) is 2.91. The standard InChI is InChI=1S/C16H16F2N2O/c1-10(2)7-20-16(21)12-5-11(8-19-9-12)14-4-3-13(17)6-15(14)18/h3-6,8-10H,7H2,1-2H3,(H,20,21). The molecule has 3 nitrogen and oxygen atoms in total. The number of benzene rings is 1. The van der Waals surface area contributed by atoms with E-state index in [0.717, 1.165) is 6.07 Å². The first-order valence-corrected chi connectivity index (χ1v) is 6.66. The first kappa shape index (κ1) is 15.1. The quantitative estimate of drug-likeness (QED) is 0.937. The van der Waals surface area contributed by atoms with E-state index < -0.39 is 11.6 Å². The molecule has 0 radical (unpaired) electrons. The average molecular weight is 290 g/mol. The van der Waals surface area contributed by atoms with Crippen molar-refractivity contribution in [1.29, 1.82) is 0 Å². The SMILES string of the molecule is CC(C)CNC(=O)c1cncc(-c2ccc(F)cc2F)c1. The van der Waals surface area contributed by atoms with Crippen molar-refractivity contribution < 1.29 is 13.6 Å². The number of carbonyl (C=O) groups is 1. The second kappa shape index (κ2) is 6.43. The molecule has 1 aromatic carbocycles. The lowest BCUT2D eigenvalue weighted by Gasteiger charge is -2.09. The van der Waals surface area contributed by atoms with Crippen LogP contribution in [-0.2, 0) is 0 Å². The molecule has 0 aliphatic heterocycles. The number of aromatic nitrogens is 1. The van der Waals surface area contributed by atoms with Gasteiger partial charge in [-0.2, -0.15) is 0 Å². The molecule has 0 unspecified atom stereocenters. The Morgan fingerprint density at radius 2 is 2.00 bits per heavy atom. The van der Waals surface area contributed by atoms with Crippen molar-refractivity contribution in [1.82, 2.24) is 10.3 Å². The van der Waals surface area contributed by atoms with Crippen LogP contribution in [0, 0.1) is 17.6 Å². The average Bonchev–Trinajstić information content (AvgIpc) is 2.45. The predicted molar refractivity (Wildman–Crippen MR) is 76.8 cm³/mol. The van der Waals surface area contributed by atoms with Crippen LogP contribution in [0.25, 0.3) is 11.1 Å². The van der Waals surface area contributed by atoms with E-state index >= 15 is 0 Å². The zero-order chi connectivity index (χ0) is 15.4. The zero-order valence-electron chi connectivity index (χ0n) is 11.9. The number of halogens is 2. The minimum absolute atomic E-state index is 0.211. The van der Waals surface area contributed by atoms with Crippen LogP contribution < -0.4 is 5.32 Å². The van der Waals surface area contributed by atoms with Crippen molar-refractivity contribution in [2.24, 2.45) is 5.92 Å². The summed E-state index contributed by atoms with van der Waals surface area (Å²) >= 11 is 0. The topological polar surface area (TPSA) is 42.0 Å². The van der Waals surface area contributed by atoms with Crippen LogP contribution >= 0.6 is 0 Å². The van der Waals surface area contributed by atoms with Gasteiger partial charge in [0.1, 0.15) is 11.6 Å². The lowest BCUT2D eigenvalue weighted by molar-refractivity contribution is 0.0948. The highest BCUT2D eigenvalue weighted by Gasteiger charge is 2.11. The molecule has 1 aromatic heterocycles. The predicted octanol–water partition coefficient (Wildman–Crippen LogP) is 3.41. The van der Waals surface area contributed by atoms with Gasteiger partial charge < -0.3 is 5.32 Å². The van der Waals surface area contributed by atoms with E-state index in [4.69, 9.17) is 0 Å². The summed E-state index contributed by atoms with van der Waals surface area (Å²) in [6, 6.07) is 4.85. The third kappa shape index (κ3) is 3.84. The highest BCUT2D eigenvalue weighted by atomic mass is 19.1. The molecule has 2 aromatic rings. The molecule has 2 rings (SSSR count). The first-order valence-electron chi connectivity index (χ1n) is 6.66. The number of rotatable bonds is 4. The Kier molecular flexibility index (Phi) is 4.62. The highest BCUT2D eigenvalue weighted by Crippen LogP contribution is 2.23. The van der Waals surface area contributed by atoms with E-state index in [2.05, 4.69) is 10.3 Å². The van der Waals surface area contributed by atoms with Gasteiger partial charge in [0.15, 0.2) is 0 Å². The van der Waals surface area contributed by atoms with Crippen molar-refractivity contribution in [3.63, 3.8) is 0 Å². The smallest absolute Gasteiger partial charge is 0.252 e. The first-order chi connectivity index (χ1) is 9.97. The Labute approximate surface area is 122 Å². The van der Waals surface area contributed by atoms with Gasteiger partial charge in [0.2, 0.25) is 0 Å². The van der Waals surface area contributed by atoms with Gasteiger partial charge in [-0.1, -0.05) is 13.8 Å². The Bertz CT molecular complexity index is 656. The molecule has 0 aliphatic rings. The van der Waals surface area contributed by atoms with Crippen LogP contribution in [0.3, 0.4) is 0 Å². The van der Waals surface area contributed by atoms with E-state index in [9.17, 15) is 13.6 Å². The maximum atomic E-state index is 13.8. The molecule has 21 heavy (non-hydrogen) atoms. The van der Waals surface area contributed by atoms with Gasteiger partial charge in [-0.25, -0.2) is 8.78 Å². The molecule has 1 N–H and O–H groups in total. The lowest BCUT2D eigenvalue weighted by Crippen LogP contribution is -2.27. The summed E-state index contributed by atoms with van der Waals surface area (Å²) in [4.78, 5) is 15.9. The van der Waals surface area contributed by atoms with Crippen LogP contribution in [0.5, 0.6) is 0 Å². The second-order valence-corrected chi connectivity index (χ2v) is 5.19. The van der Waals surface area contributed by atoms with E-state index in [1.807, 2.05) is 13.8 Å². The maximum Gasteiger partial charge on any atom is 0.252 e. The number of hydrogen-bond acceptors (Lipinski definition) is 2. The summed E-state index contributed by atoms with van der Waals surface area (Å²) in [6.07, 6.45) is 2.86. The molecule has 0 atom stereocenters. The Hall–Kier alpha value is -2.30. The maximum absolute atomic E-state index is 13.8. The van der Waals surface area contributed by atoms with Crippen LogP contribution in [0.1, 0.15) is 24.2 Å². The summed E-state index contributed by atoms with van der Waals surface area (Å²) in [7, 11) is 0. The van der Waals surface area contributed by atoms with Gasteiger partial charge in [-0.05, 0) is 24.1 Å². The van der Waals surface area contributed by atoms with Gasteiger partial charge in [-0.3, -0.25) is 9.78 Å². The summed E-state index contributed by atoms with van der Waals surface area (Å²) in [5.41, 5.74) is 0.990. The molecule has 1 amide bonds. The normalized spacial score (nSPS) is 10.7. The fourth-order valence-corrected chi connectivity index (χ4v) is 1.83. The summed E-state index contributed by atoms with van der Waals surface area (Å²) < 4.78 is 26.7. The number of amides is 1. The van der Waals surface area contributed by atoms with Gasteiger partial charge in [0.25, 0.3) is 5.91 Å². The zero-order valence-corrected chi connectivity index (χ0v) is 11.9. The second-order valence-electron chi connectivity index (χ2n) is 5.19. The Balaban J connectivity index is 2.27. The number of pyridine rings is 1. The lowest BCUT2D eigenvalue weighted by atomic mass is 10.0. The molecule has 5 heteroatoms. The molecular formula is C16H16F2N2O. The highest BCUT2D eigenvalue weighted by molar-refractivity contribution is 5.95. The number of nitrogens with one attached hydrogen (secondary N) is 1. The van der Waals surface area contributed by atoms with Crippen molar-refractivity contribution in [3.05, 3.63) is 53.9 Å². The van der Waals surface area contributed by atoms with E-state index in [1.54, 1.807) is 6.07 Å².